The van der Waals surface area contributed by atoms with Gasteiger partial charge in [0.1, 0.15) is 5.65 Å². The molecule has 0 saturated carbocycles. The van der Waals surface area contributed by atoms with Crippen LogP contribution in [0.25, 0.3) is 5.65 Å². The summed E-state index contributed by atoms with van der Waals surface area (Å²) in [5.74, 6) is 2.40. The first-order chi connectivity index (χ1) is 13.1. The highest BCUT2D eigenvalue weighted by Gasteiger charge is 2.15. The predicted molar refractivity (Wildman–Crippen MR) is 104 cm³/mol. The van der Waals surface area contributed by atoms with E-state index < -0.39 is 0 Å². The van der Waals surface area contributed by atoms with Crippen molar-refractivity contribution in [3.63, 3.8) is 0 Å². The normalized spacial score (nSPS) is 13.2. The molecule has 0 radical (unpaired) electrons. The van der Waals surface area contributed by atoms with Crippen LogP contribution in [0.3, 0.4) is 0 Å². The second kappa shape index (κ2) is 7.19. The number of imidazole rings is 1. The lowest BCUT2D eigenvalue weighted by Crippen LogP contribution is -2.38. The van der Waals surface area contributed by atoms with E-state index >= 15 is 0 Å². The largest absolute Gasteiger partial charge is 0.454 e. The van der Waals surface area contributed by atoms with Gasteiger partial charge in [-0.15, -0.1) is 0 Å². The molecule has 3 heterocycles. The Morgan fingerprint density at radius 2 is 2.11 bits per heavy atom. The molecular weight excluding hydrogens is 342 g/mol. The molecule has 0 unspecified atom stereocenters. The Hall–Kier alpha value is -3.22. The topological polar surface area (TPSA) is 63.4 Å². The molecule has 1 aromatic carbocycles. The molecule has 3 aromatic rings. The highest BCUT2D eigenvalue weighted by molar-refractivity contribution is 5.79. The number of aromatic nitrogens is 2. The molecular formula is C20H23N5O2. The summed E-state index contributed by atoms with van der Waals surface area (Å²) in [7, 11) is 3.79. The zero-order valence-corrected chi connectivity index (χ0v) is 15.8. The zero-order chi connectivity index (χ0) is 18.8. The molecule has 140 valence electrons. The van der Waals surface area contributed by atoms with E-state index in [1.165, 1.54) is 0 Å². The van der Waals surface area contributed by atoms with Crippen LogP contribution in [0.15, 0.2) is 47.6 Å². The lowest BCUT2D eigenvalue weighted by molar-refractivity contribution is 0.174. The maximum absolute atomic E-state index is 5.45. The summed E-state index contributed by atoms with van der Waals surface area (Å²) in [6, 6.07) is 12.1. The van der Waals surface area contributed by atoms with Crippen LogP contribution in [-0.2, 0) is 13.1 Å². The Morgan fingerprint density at radius 1 is 1.26 bits per heavy atom. The minimum absolute atomic E-state index is 0.288. The predicted octanol–water partition coefficient (Wildman–Crippen LogP) is 2.58. The van der Waals surface area contributed by atoms with Crippen molar-refractivity contribution in [3.8, 4) is 11.5 Å². The smallest absolute Gasteiger partial charge is 0.231 e. The van der Waals surface area contributed by atoms with E-state index in [0.717, 1.165) is 40.1 Å². The number of nitrogens with zero attached hydrogens (tertiary/aromatic N) is 4. The van der Waals surface area contributed by atoms with E-state index in [1.54, 1.807) is 7.05 Å². The third-order valence-electron chi connectivity index (χ3n) is 4.60. The number of ether oxygens (including phenoxy) is 2. The van der Waals surface area contributed by atoms with Crippen LogP contribution < -0.4 is 14.8 Å². The number of nitrogens with one attached hydrogen (secondary N) is 1. The van der Waals surface area contributed by atoms with Crippen molar-refractivity contribution < 1.29 is 9.47 Å². The quantitative estimate of drug-likeness (QED) is 0.569. The fourth-order valence-electron chi connectivity index (χ4n) is 3.23. The summed E-state index contributed by atoms with van der Waals surface area (Å²) in [4.78, 5) is 11.1. The first kappa shape index (κ1) is 17.2. The van der Waals surface area contributed by atoms with Gasteiger partial charge in [0.15, 0.2) is 17.5 Å². The monoisotopic (exact) mass is 365 g/mol. The molecule has 27 heavy (non-hydrogen) atoms. The summed E-state index contributed by atoms with van der Waals surface area (Å²) >= 11 is 0. The van der Waals surface area contributed by atoms with Gasteiger partial charge in [-0.05, 0) is 36.8 Å². The Labute approximate surface area is 158 Å². The molecule has 4 rings (SSSR count). The fraction of sp³-hybridized carbons (Fsp3) is 0.300. The van der Waals surface area contributed by atoms with E-state index in [9.17, 15) is 0 Å². The van der Waals surface area contributed by atoms with Gasteiger partial charge in [-0.1, -0.05) is 12.1 Å². The third kappa shape index (κ3) is 3.53. The summed E-state index contributed by atoms with van der Waals surface area (Å²) in [6.07, 6.45) is 2.06. The molecule has 0 aliphatic carbocycles. The van der Waals surface area contributed by atoms with Crippen LogP contribution in [0.1, 0.15) is 17.0 Å². The second-order valence-corrected chi connectivity index (χ2v) is 6.57. The first-order valence-electron chi connectivity index (χ1n) is 8.88. The number of hydrogen-bond donors (Lipinski definition) is 1. The molecule has 1 aliphatic heterocycles. The Kier molecular flexibility index (Phi) is 4.58. The Morgan fingerprint density at radius 3 is 2.93 bits per heavy atom. The lowest BCUT2D eigenvalue weighted by atomic mass is 10.2. The molecule has 0 bridgehead atoms. The van der Waals surface area contributed by atoms with Crippen molar-refractivity contribution in [2.75, 3.05) is 20.9 Å². The van der Waals surface area contributed by atoms with Gasteiger partial charge in [0.2, 0.25) is 6.79 Å². The summed E-state index contributed by atoms with van der Waals surface area (Å²) in [6.45, 7) is 3.68. The van der Waals surface area contributed by atoms with Gasteiger partial charge in [-0.3, -0.25) is 4.99 Å². The Bertz CT molecular complexity index is 995. The highest BCUT2D eigenvalue weighted by atomic mass is 16.7. The van der Waals surface area contributed by atoms with Crippen LogP contribution in [0.4, 0.5) is 0 Å². The average Bonchev–Trinajstić information content (AvgIpc) is 3.29. The molecule has 2 aromatic heterocycles. The van der Waals surface area contributed by atoms with Crippen LogP contribution in [0, 0.1) is 6.92 Å². The molecule has 0 spiro atoms. The highest BCUT2D eigenvalue weighted by Crippen LogP contribution is 2.32. The molecule has 0 amide bonds. The number of rotatable bonds is 4. The van der Waals surface area contributed by atoms with Gasteiger partial charge in [-0.2, -0.15) is 0 Å². The van der Waals surface area contributed by atoms with E-state index in [1.807, 2.05) is 37.4 Å². The van der Waals surface area contributed by atoms with E-state index in [4.69, 9.17) is 9.47 Å². The minimum Gasteiger partial charge on any atom is -0.454 e. The lowest BCUT2D eigenvalue weighted by Gasteiger charge is -2.22. The summed E-state index contributed by atoms with van der Waals surface area (Å²) in [5.41, 5.74) is 4.22. The van der Waals surface area contributed by atoms with Gasteiger partial charge in [0.05, 0.1) is 12.2 Å². The van der Waals surface area contributed by atoms with Gasteiger partial charge in [0, 0.05) is 32.5 Å². The van der Waals surface area contributed by atoms with Crippen molar-refractivity contribution in [1.82, 2.24) is 19.6 Å². The minimum atomic E-state index is 0.288. The zero-order valence-electron chi connectivity index (χ0n) is 15.8. The van der Waals surface area contributed by atoms with Crippen molar-refractivity contribution in [2.24, 2.45) is 4.99 Å². The van der Waals surface area contributed by atoms with Crippen LogP contribution >= 0.6 is 0 Å². The van der Waals surface area contributed by atoms with Gasteiger partial charge < -0.3 is 24.1 Å². The number of benzene rings is 1. The number of aliphatic imine (C=N–C) groups is 1. The maximum atomic E-state index is 5.45. The van der Waals surface area contributed by atoms with Crippen LogP contribution in [-0.4, -0.2) is 41.1 Å². The number of aryl methyl sites for hydroxylation is 1. The number of hydrogen-bond acceptors (Lipinski definition) is 4. The molecule has 1 aliphatic rings. The molecule has 0 fully saturated rings. The number of guanidine groups is 1. The van der Waals surface area contributed by atoms with Crippen molar-refractivity contribution in [2.45, 2.75) is 20.0 Å². The number of fused-ring (bicyclic) bond motifs is 2. The fourth-order valence-corrected chi connectivity index (χ4v) is 3.23. The molecule has 0 saturated heterocycles. The molecule has 7 nitrogen and oxygen atoms in total. The summed E-state index contributed by atoms with van der Waals surface area (Å²) in [5, 5.41) is 3.38. The maximum Gasteiger partial charge on any atom is 0.231 e. The SMILES string of the molecule is CN=C(NCc1cn2c(C)cccc2n1)N(C)Cc1ccc2c(c1)OCO2. The van der Waals surface area contributed by atoms with Crippen molar-refractivity contribution in [3.05, 3.63) is 59.5 Å². The van der Waals surface area contributed by atoms with Gasteiger partial charge in [0.25, 0.3) is 0 Å². The molecule has 7 heteroatoms. The van der Waals surface area contributed by atoms with Gasteiger partial charge >= 0.3 is 0 Å². The molecule has 0 atom stereocenters. The van der Waals surface area contributed by atoms with Crippen molar-refractivity contribution in [1.29, 1.82) is 0 Å². The van der Waals surface area contributed by atoms with Gasteiger partial charge in [-0.25, -0.2) is 4.98 Å². The average molecular weight is 365 g/mol. The second-order valence-electron chi connectivity index (χ2n) is 6.57. The van der Waals surface area contributed by atoms with E-state index in [-0.39, 0.29) is 6.79 Å². The number of pyridine rings is 1. The van der Waals surface area contributed by atoms with Crippen LogP contribution in [0.5, 0.6) is 11.5 Å². The standard InChI is InChI=1S/C20H23N5O2/c1-14-5-4-6-19-23-16(12-25(14)19)10-22-20(21-2)24(3)11-15-7-8-17-18(9-15)27-13-26-17/h4-9,12H,10-11,13H2,1-3H3,(H,21,22). The van der Waals surface area contributed by atoms with Crippen LogP contribution in [0.2, 0.25) is 0 Å². The van der Waals surface area contributed by atoms with E-state index in [0.29, 0.717) is 13.1 Å². The Balaban J connectivity index is 1.41. The first-order valence-corrected chi connectivity index (χ1v) is 8.88. The van der Waals surface area contributed by atoms with E-state index in [2.05, 4.69) is 43.8 Å². The summed E-state index contributed by atoms with van der Waals surface area (Å²) < 4.78 is 12.9. The third-order valence-corrected chi connectivity index (χ3v) is 4.60. The van der Waals surface area contributed by atoms with Crippen molar-refractivity contribution >= 4 is 11.6 Å². The molecule has 1 N–H and O–H groups in total.